The summed E-state index contributed by atoms with van der Waals surface area (Å²) in [6.07, 6.45) is 8.14. The topological polar surface area (TPSA) is 31.9 Å². The summed E-state index contributed by atoms with van der Waals surface area (Å²) in [5, 5.41) is 0. The molecule has 1 aliphatic heterocycles. The molecule has 3 rings (SSSR count). The molecule has 1 saturated heterocycles. The smallest absolute Gasteiger partial charge is 0.0495 e. The minimum absolute atomic E-state index is 0.644. The largest absolute Gasteiger partial charge is 0.364 e. The molecule has 90 valence electrons. The molecule has 1 fully saturated rings. The second kappa shape index (κ2) is 6.21. The highest BCUT2D eigenvalue weighted by Gasteiger charge is 2.22. The average Bonchev–Trinajstić information content (AvgIpc) is 3.02. The van der Waals surface area contributed by atoms with E-state index >= 15 is 0 Å². The van der Waals surface area contributed by atoms with Gasteiger partial charge in [0.05, 0.1) is 0 Å². The molecule has 0 unspecified atom stereocenters. The number of rotatable bonds is 1. The molecule has 0 saturated carbocycles. The molecular formula is C14H19N3. The number of hydrogen-bond donors (Lipinski definition) is 1. The van der Waals surface area contributed by atoms with Gasteiger partial charge in [0.15, 0.2) is 0 Å². The molecule has 0 aliphatic carbocycles. The van der Waals surface area contributed by atoms with Gasteiger partial charge in [-0.2, -0.15) is 0 Å². The van der Waals surface area contributed by atoms with Gasteiger partial charge in [-0.1, -0.05) is 6.07 Å². The van der Waals surface area contributed by atoms with Gasteiger partial charge in [-0.15, -0.1) is 0 Å². The Morgan fingerprint density at radius 3 is 2.47 bits per heavy atom. The zero-order valence-electron chi connectivity index (χ0n) is 10.2. The molecule has 0 aromatic carbocycles. The van der Waals surface area contributed by atoms with Crippen LogP contribution in [0.1, 0.15) is 24.6 Å². The zero-order chi connectivity index (χ0) is 11.9. The van der Waals surface area contributed by atoms with Gasteiger partial charge >= 0.3 is 0 Å². The molecule has 0 spiro atoms. The first-order valence-electron chi connectivity index (χ1n) is 6.06. The molecular weight excluding hydrogens is 210 g/mol. The van der Waals surface area contributed by atoms with Gasteiger partial charge in [0.2, 0.25) is 0 Å². The Labute approximate surface area is 103 Å². The number of likely N-dealkylation sites (tertiary alicyclic amines) is 1. The first kappa shape index (κ1) is 11.9. The summed E-state index contributed by atoms with van der Waals surface area (Å²) in [6, 6.07) is 10.6. The molecule has 1 atom stereocenters. The standard InChI is InChI=1S/C9H14N2.C5H5N/c1-11-7-3-5-9(11)8-4-2-6-10-8;1-2-4-6-5-3-1/h2,4,6,9-10H,3,5,7H2,1H3;1-5H/t9-;/m0./s1. The second-order valence-electron chi connectivity index (χ2n) is 4.29. The number of nitrogens with zero attached hydrogens (tertiary/aromatic N) is 2. The van der Waals surface area contributed by atoms with Crippen LogP contribution in [0.25, 0.3) is 0 Å². The Kier molecular flexibility index (Phi) is 4.33. The van der Waals surface area contributed by atoms with Crippen molar-refractivity contribution in [2.24, 2.45) is 0 Å². The van der Waals surface area contributed by atoms with Crippen molar-refractivity contribution in [3.05, 3.63) is 54.6 Å². The van der Waals surface area contributed by atoms with Crippen LogP contribution >= 0.6 is 0 Å². The fourth-order valence-electron chi connectivity index (χ4n) is 2.17. The fraction of sp³-hybridized carbons (Fsp3) is 0.357. The third kappa shape index (κ3) is 3.43. The van der Waals surface area contributed by atoms with Crippen LogP contribution in [-0.4, -0.2) is 28.5 Å². The van der Waals surface area contributed by atoms with Gasteiger partial charge in [-0.3, -0.25) is 9.88 Å². The van der Waals surface area contributed by atoms with E-state index in [1.165, 1.54) is 25.1 Å². The minimum atomic E-state index is 0.644. The van der Waals surface area contributed by atoms with E-state index in [9.17, 15) is 0 Å². The normalized spacial score (nSPS) is 19.7. The van der Waals surface area contributed by atoms with Crippen molar-refractivity contribution in [2.75, 3.05) is 13.6 Å². The lowest BCUT2D eigenvalue weighted by molar-refractivity contribution is 0.313. The highest BCUT2D eigenvalue weighted by Crippen LogP contribution is 2.28. The van der Waals surface area contributed by atoms with Crippen molar-refractivity contribution >= 4 is 0 Å². The molecule has 17 heavy (non-hydrogen) atoms. The van der Waals surface area contributed by atoms with E-state index in [0.29, 0.717) is 6.04 Å². The van der Waals surface area contributed by atoms with Crippen molar-refractivity contribution in [1.82, 2.24) is 14.9 Å². The molecule has 2 aromatic rings. The first-order chi connectivity index (χ1) is 8.38. The van der Waals surface area contributed by atoms with Crippen LogP contribution in [0.15, 0.2) is 48.9 Å². The van der Waals surface area contributed by atoms with E-state index in [0.717, 1.165) is 0 Å². The molecule has 1 N–H and O–H groups in total. The van der Waals surface area contributed by atoms with Crippen molar-refractivity contribution in [3.63, 3.8) is 0 Å². The maximum Gasteiger partial charge on any atom is 0.0495 e. The monoisotopic (exact) mass is 229 g/mol. The highest BCUT2D eigenvalue weighted by molar-refractivity contribution is 5.10. The van der Waals surface area contributed by atoms with Crippen molar-refractivity contribution in [3.8, 4) is 0 Å². The Morgan fingerprint density at radius 1 is 1.24 bits per heavy atom. The Bertz CT molecular complexity index is 370. The maximum atomic E-state index is 3.78. The summed E-state index contributed by atoms with van der Waals surface area (Å²) in [5.41, 5.74) is 1.37. The molecule has 3 heterocycles. The fourth-order valence-corrected chi connectivity index (χ4v) is 2.17. The van der Waals surface area contributed by atoms with Crippen molar-refractivity contribution in [2.45, 2.75) is 18.9 Å². The lowest BCUT2D eigenvalue weighted by Crippen LogP contribution is -2.17. The molecule has 0 radical (unpaired) electrons. The van der Waals surface area contributed by atoms with Crippen molar-refractivity contribution in [1.29, 1.82) is 0 Å². The van der Waals surface area contributed by atoms with Crippen LogP contribution in [0.2, 0.25) is 0 Å². The van der Waals surface area contributed by atoms with Crippen molar-refractivity contribution < 1.29 is 0 Å². The van der Waals surface area contributed by atoms with E-state index in [4.69, 9.17) is 0 Å². The maximum absolute atomic E-state index is 3.78. The third-order valence-corrected chi connectivity index (χ3v) is 3.07. The van der Waals surface area contributed by atoms with E-state index in [1.54, 1.807) is 12.4 Å². The lowest BCUT2D eigenvalue weighted by atomic mass is 10.1. The molecule has 3 nitrogen and oxygen atoms in total. The highest BCUT2D eigenvalue weighted by atomic mass is 15.2. The van der Waals surface area contributed by atoms with Crippen LogP contribution in [-0.2, 0) is 0 Å². The summed E-state index contributed by atoms with van der Waals surface area (Å²) in [4.78, 5) is 9.46. The molecule has 0 amide bonds. The Hall–Kier alpha value is -1.61. The zero-order valence-corrected chi connectivity index (χ0v) is 10.2. The van der Waals surface area contributed by atoms with E-state index in [2.05, 4.69) is 34.0 Å². The summed E-state index contributed by atoms with van der Waals surface area (Å²) in [6.45, 7) is 1.24. The molecule has 3 heteroatoms. The van der Waals surface area contributed by atoms with Gasteiger partial charge in [-0.25, -0.2) is 0 Å². The second-order valence-corrected chi connectivity index (χ2v) is 4.29. The quantitative estimate of drug-likeness (QED) is 0.815. The number of hydrogen-bond acceptors (Lipinski definition) is 2. The number of H-pyrrole nitrogens is 1. The van der Waals surface area contributed by atoms with E-state index < -0.39 is 0 Å². The van der Waals surface area contributed by atoms with Crippen LogP contribution < -0.4 is 0 Å². The lowest BCUT2D eigenvalue weighted by Gasteiger charge is -2.17. The predicted molar refractivity (Wildman–Crippen MR) is 69.6 cm³/mol. The number of aromatic amines is 1. The molecule has 1 aliphatic rings. The number of aromatic nitrogens is 2. The van der Waals surface area contributed by atoms with Crippen LogP contribution in [0.5, 0.6) is 0 Å². The predicted octanol–water partition coefficient (Wildman–Crippen LogP) is 2.86. The van der Waals surface area contributed by atoms with Crippen LogP contribution in [0.4, 0.5) is 0 Å². The van der Waals surface area contributed by atoms with E-state index in [1.807, 2.05) is 24.4 Å². The summed E-state index contributed by atoms with van der Waals surface area (Å²) < 4.78 is 0. The molecule has 0 bridgehead atoms. The SMILES string of the molecule is CN1CCC[C@H]1c1ccc[nH]1.c1ccncc1. The van der Waals surface area contributed by atoms with E-state index in [-0.39, 0.29) is 0 Å². The van der Waals surface area contributed by atoms with Gasteiger partial charge in [-0.05, 0) is 50.7 Å². The average molecular weight is 229 g/mol. The van der Waals surface area contributed by atoms with Gasteiger partial charge in [0.1, 0.15) is 0 Å². The molecule has 2 aromatic heterocycles. The first-order valence-corrected chi connectivity index (χ1v) is 6.06. The number of pyridine rings is 1. The summed E-state index contributed by atoms with van der Waals surface area (Å²) >= 11 is 0. The summed E-state index contributed by atoms with van der Waals surface area (Å²) in [5.74, 6) is 0. The number of nitrogens with one attached hydrogen (secondary N) is 1. The van der Waals surface area contributed by atoms with Gasteiger partial charge < -0.3 is 4.98 Å². The Balaban J connectivity index is 0.000000153. The summed E-state index contributed by atoms with van der Waals surface area (Å²) in [7, 11) is 2.19. The van der Waals surface area contributed by atoms with Gasteiger partial charge in [0.25, 0.3) is 0 Å². The van der Waals surface area contributed by atoms with Crippen LogP contribution in [0.3, 0.4) is 0 Å². The third-order valence-electron chi connectivity index (χ3n) is 3.07. The Morgan fingerprint density at radius 2 is 2.06 bits per heavy atom. The van der Waals surface area contributed by atoms with Gasteiger partial charge in [0, 0.05) is 30.3 Å². The van der Waals surface area contributed by atoms with Crippen LogP contribution in [0, 0.1) is 0 Å². The minimum Gasteiger partial charge on any atom is -0.364 e.